The quantitative estimate of drug-likeness (QED) is 0.369. The molecule has 0 spiro atoms. The van der Waals surface area contributed by atoms with Gasteiger partial charge < -0.3 is 0 Å². The molecule has 4 aromatic rings. The molecule has 1 aromatic heterocycles. The summed E-state index contributed by atoms with van der Waals surface area (Å²) in [4.78, 5) is 4.97. The van der Waals surface area contributed by atoms with Gasteiger partial charge in [0, 0.05) is 5.39 Å². The van der Waals surface area contributed by atoms with Crippen molar-refractivity contribution in [3.05, 3.63) is 58.9 Å². The number of hydrogen-bond acceptors (Lipinski definition) is 1. The van der Waals surface area contributed by atoms with Crippen molar-refractivity contribution >= 4 is 32.6 Å². The lowest BCUT2D eigenvalue weighted by Crippen LogP contribution is -2.30. The summed E-state index contributed by atoms with van der Waals surface area (Å²) in [6.07, 6.45) is 4.23. The largest absolute Gasteiger partial charge is 0.240 e. The minimum atomic E-state index is 1.04. The summed E-state index contributed by atoms with van der Waals surface area (Å²) in [5.41, 5.74) is 7.58. The van der Waals surface area contributed by atoms with Gasteiger partial charge in [-0.05, 0) is 60.2 Å². The fourth-order valence-electron chi connectivity index (χ4n) is 4.16. The predicted octanol–water partition coefficient (Wildman–Crippen LogP) is 5.11. The van der Waals surface area contributed by atoms with E-state index < -0.39 is 0 Å². The van der Waals surface area contributed by atoms with Crippen LogP contribution >= 0.6 is 0 Å². The van der Waals surface area contributed by atoms with Crippen LogP contribution in [0.4, 0.5) is 0 Å². The second-order valence-corrected chi connectivity index (χ2v) is 7.05. The van der Waals surface area contributed by atoms with Crippen LogP contribution in [0.3, 0.4) is 0 Å². The van der Waals surface area contributed by atoms with Crippen LogP contribution < -0.4 is 4.57 Å². The average molecular weight is 329 g/mol. The number of fused-ring (bicyclic) bond motifs is 6. The summed E-state index contributed by atoms with van der Waals surface area (Å²) >= 11 is 0. The van der Waals surface area contributed by atoms with Crippen LogP contribution in [-0.4, -0.2) is 4.98 Å². The number of aromatic nitrogens is 2. The molecule has 0 radical (unpaired) electrons. The Morgan fingerprint density at radius 1 is 0.920 bits per heavy atom. The lowest BCUT2D eigenvalue weighted by atomic mass is 9.92. The topological polar surface area (TPSA) is 16.8 Å². The van der Waals surface area contributed by atoms with Crippen molar-refractivity contribution in [3.63, 3.8) is 0 Å². The maximum atomic E-state index is 4.97. The number of rotatable bonds is 2. The van der Waals surface area contributed by atoms with Gasteiger partial charge in [-0.2, -0.15) is 4.57 Å². The summed E-state index contributed by atoms with van der Waals surface area (Å²) in [5, 5.41) is 5.26. The van der Waals surface area contributed by atoms with Crippen LogP contribution in [0.15, 0.2) is 36.5 Å². The van der Waals surface area contributed by atoms with E-state index in [0.717, 1.165) is 24.1 Å². The Morgan fingerprint density at radius 2 is 1.68 bits per heavy atom. The van der Waals surface area contributed by atoms with Crippen LogP contribution in [0, 0.1) is 13.8 Å². The molecule has 0 amide bonds. The fraction of sp³-hybridized carbons (Fsp3) is 0.304. The number of aryl methyl sites for hydroxylation is 5. The molecule has 25 heavy (non-hydrogen) atoms. The zero-order valence-electron chi connectivity index (χ0n) is 15.8. The zero-order chi connectivity index (χ0) is 17.7. The third-order valence-corrected chi connectivity index (χ3v) is 5.48. The molecule has 0 unspecified atom stereocenters. The zero-order valence-corrected chi connectivity index (χ0v) is 15.8. The molecule has 0 saturated heterocycles. The average Bonchev–Trinajstić information content (AvgIpc) is 2.61. The standard InChI is InChI=1S/C23H25N2/c1-6-16-8-10-18-19-11-9-17(7-2)15(4)21(19)23-22(20(18)12-16)24-14(3)13-25(23)5/h8-13H,6-7H2,1-5H3/q+1. The van der Waals surface area contributed by atoms with Crippen molar-refractivity contribution in [2.75, 3.05) is 0 Å². The third-order valence-electron chi connectivity index (χ3n) is 5.48. The Hall–Kier alpha value is -2.48. The van der Waals surface area contributed by atoms with Gasteiger partial charge >= 0.3 is 0 Å². The highest BCUT2D eigenvalue weighted by molar-refractivity contribution is 6.23. The van der Waals surface area contributed by atoms with E-state index in [-0.39, 0.29) is 0 Å². The molecule has 0 saturated carbocycles. The van der Waals surface area contributed by atoms with Gasteiger partial charge in [0.2, 0.25) is 5.52 Å². The first-order valence-electron chi connectivity index (χ1n) is 9.18. The van der Waals surface area contributed by atoms with Gasteiger partial charge in [0.1, 0.15) is 18.3 Å². The third kappa shape index (κ3) is 2.31. The van der Waals surface area contributed by atoms with Gasteiger partial charge in [-0.15, -0.1) is 0 Å². The lowest BCUT2D eigenvalue weighted by Gasteiger charge is -2.13. The van der Waals surface area contributed by atoms with E-state index in [0.29, 0.717) is 0 Å². The summed E-state index contributed by atoms with van der Waals surface area (Å²) in [7, 11) is 2.14. The molecule has 3 aromatic carbocycles. The molecule has 0 fully saturated rings. The molecule has 0 bridgehead atoms. The molecule has 2 nitrogen and oxygen atoms in total. The van der Waals surface area contributed by atoms with Crippen molar-refractivity contribution in [1.29, 1.82) is 0 Å². The molecule has 1 heterocycles. The van der Waals surface area contributed by atoms with Gasteiger partial charge in [-0.25, -0.2) is 4.98 Å². The summed E-state index contributed by atoms with van der Waals surface area (Å²) in [6.45, 7) is 8.77. The fourth-order valence-corrected chi connectivity index (χ4v) is 4.16. The lowest BCUT2D eigenvalue weighted by molar-refractivity contribution is -0.644. The first-order valence-corrected chi connectivity index (χ1v) is 9.18. The van der Waals surface area contributed by atoms with Gasteiger partial charge in [0.25, 0.3) is 0 Å². The molecular formula is C23H25N2+. The first-order chi connectivity index (χ1) is 12.0. The molecule has 0 N–H and O–H groups in total. The molecule has 126 valence electrons. The van der Waals surface area contributed by atoms with Gasteiger partial charge in [-0.1, -0.05) is 38.1 Å². The van der Waals surface area contributed by atoms with Crippen molar-refractivity contribution < 1.29 is 4.57 Å². The van der Waals surface area contributed by atoms with E-state index in [1.165, 1.54) is 43.8 Å². The van der Waals surface area contributed by atoms with E-state index in [4.69, 9.17) is 4.98 Å². The summed E-state index contributed by atoms with van der Waals surface area (Å²) in [6, 6.07) is 11.5. The van der Waals surface area contributed by atoms with E-state index in [2.05, 4.69) is 75.8 Å². The Kier molecular flexibility index (Phi) is 3.72. The molecule has 0 aliphatic rings. The second-order valence-electron chi connectivity index (χ2n) is 7.05. The number of hydrogen-bond donors (Lipinski definition) is 0. The molecule has 0 aliphatic carbocycles. The van der Waals surface area contributed by atoms with Crippen LogP contribution in [0.1, 0.15) is 36.2 Å². The SMILES string of the molecule is CCc1ccc2c(c1)c1nc(C)c[n+](C)c1c1c(C)c(CC)ccc21. The minimum Gasteiger partial charge on any atom is -0.240 e. The van der Waals surface area contributed by atoms with Crippen LogP contribution in [-0.2, 0) is 19.9 Å². The van der Waals surface area contributed by atoms with Gasteiger partial charge in [0.15, 0.2) is 6.20 Å². The molecule has 2 heteroatoms. The number of benzene rings is 3. The Labute approximate surface area is 149 Å². The van der Waals surface area contributed by atoms with Crippen LogP contribution in [0.2, 0.25) is 0 Å². The highest BCUT2D eigenvalue weighted by Crippen LogP contribution is 2.36. The van der Waals surface area contributed by atoms with E-state index in [1.54, 1.807) is 0 Å². The van der Waals surface area contributed by atoms with E-state index >= 15 is 0 Å². The molecular weight excluding hydrogens is 304 g/mol. The van der Waals surface area contributed by atoms with Gasteiger partial charge in [-0.3, -0.25) is 0 Å². The summed E-state index contributed by atoms with van der Waals surface area (Å²) < 4.78 is 2.25. The van der Waals surface area contributed by atoms with Crippen molar-refractivity contribution in [3.8, 4) is 0 Å². The first kappa shape index (κ1) is 16.0. The predicted molar refractivity (Wildman–Crippen MR) is 106 cm³/mol. The van der Waals surface area contributed by atoms with E-state index in [9.17, 15) is 0 Å². The normalized spacial score (nSPS) is 11.7. The van der Waals surface area contributed by atoms with Crippen molar-refractivity contribution in [1.82, 2.24) is 4.98 Å². The Bertz CT molecular complexity index is 1140. The van der Waals surface area contributed by atoms with Crippen molar-refractivity contribution in [2.45, 2.75) is 40.5 Å². The highest BCUT2D eigenvalue weighted by atomic mass is 15.0. The maximum Gasteiger partial charge on any atom is 0.239 e. The highest BCUT2D eigenvalue weighted by Gasteiger charge is 2.20. The molecule has 0 aliphatic heterocycles. The molecule has 4 rings (SSSR count). The van der Waals surface area contributed by atoms with Crippen LogP contribution in [0.25, 0.3) is 32.6 Å². The van der Waals surface area contributed by atoms with Crippen molar-refractivity contribution in [2.24, 2.45) is 7.05 Å². The summed E-state index contributed by atoms with van der Waals surface area (Å²) in [5.74, 6) is 0. The van der Waals surface area contributed by atoms with Gasteiger partial charge in [0.05, 0.1) is 5.39 Å². The Morgan fingerprint density at radius 3 is 2.40 bits per heavy atom. The Balaban J connectivity index is 2.37. The smallest absolute Gasteiger partial charge is 0.239 e. The monoisotopic (exact) mass is 329 g/mol. The minimum absolute atomic E-state index is 1.04. The molecule has 0 atom stereocenters. The maximum absolute atomic E-state index is 4.97. The van der Waals surface area contributed by atoms with Crippen LogP contribution in [0.5, 0.6) is 0 Å². The number of nitrogens with zero attached hydrogens (tertiary/aromatic N) is 2. The van der Waals surface area contributed by atoms with E-state index in [1.807, 2.05) is 0 Å². The second kappa shape index (κ2) is 5.80.